The Morgan fingerprint density at radius 3 is 2.41 bits per heavy atom. The van der Waals surface area contributed by atoms with Crippen molar-refractivity contribution in [3.63, 3.8) is 0 Å². The molecule has 1 aromatic carbocycles. The number of piperidine rings is 1. The molecule has 4 aromatic rings. The fourth-order valence-corrected chi connectivity index (χ4v) is 7.08. The Morgan fingerprint density at radius 1 is 1.00 bits per heavy atom. The summed E-state index contributed by atoms with van der Waals surface area (Å²) in [4.78, 5) is 9.31. The first-order valence-electron chi connectivity index (χ1n) is 13.4. The van der Waals surface area contributed by atoms with E-state index in [0.29, 0.717) is 16.9 Å². The number of hydrogen-bond donors (Lipinski definition) is 1. The van der Waals surface area contributed by atoms with Gasteiger partial charge >= 0.3 is 0 Å². The van der Waals surface area contributed by atoms with Crippen LogP contribution in [0.1, 0.15) is 55.0 Å². The van der Waals surface area contributed by atoms with E-state index in [1.165, 1.54) is 6.42 Å². The SMILES string of the molecule is Cc1cc([C@@H]2[C@H](c3ccccn3)NC(=S)N2c2ccc(N3C[C@@H](C)C[C@H](C)C3)c(Cl)c2)c(C)n1-n1cnnc1. The molecule has 0 bridgehead atoms. The summed E-state index contributed by atoms with van der Waals surface area (Å²) in [6.07, 6.45) is 6.49. The van der Waals surface area contributed by atoms with Gasteiger partial charge in [-0.1, -0.05) is 31.5 Å². The van der Waals surface area contributed by atoms with Gasteiger partial charge in [-0.05, 0) is 80.7 Å². The molecule has 2 fully saturated rings. The Hall–Kier alpha value is -3.43. The Morgan fingerprint density at radius 2 is 1.74 bits per heavy atom. The number of rotatable bonds is 5. The molecular formula is C29H33ClN8S. The van der Waals surface area contributed by atoms with Gasteiger partial charge in [-0.15, -0.1) is 10.2 Å². The summed E-state index contributed by atoms with van der Waals surface area (Å²) in [5, 5.41) is 13.0. The van der Waals surface area contributed by atoms with Gasteiger partial charge in [0, 0.05) is 41.9 Å². The summed E-state index contributed by atoms with van der Waals surface area (Å²) in [7, 11) is 0. The van der Waals surface area contributed by atoms with Crippen LogP contribution >= 0.6 is 23.8 Å². The first kappa shape index (κ1) is 25.8. The molecule has 3 aromatic heterocycles. The quantitative estimate of drug-likeness (QED) is 0.313. The number of aryl methyl sites for hydroxylation is 1. The maximum atomic E-state index is 6.99. The molecule has 4 atom stereocenters. The highest BCUT2D eigenvalue weighted by molar-refractivity contribution is 7.80. The number of hydrogen-bond acceptors (Lipinski definition) is 5. The maximum absolute atomic E-state index is 6.99. The lowest BCUT2D eigenvalue weighted by Gasteiger charge is -2.37. The number of pyridine rings is 1. The van der Waals surface area contributed by atoms with Gasteiger partial charge < -0.3 is 15.1 Å². The normalized spacial score (nSPS) is 23.4. The fraction of sp³-hybridized carbons (Fsp3) is 0.379. The van der Waals surface area contributed by atoms with Crippen molar-refractivity contribution in [3.05, 3.63) is 89.0 Å². The van der Waals surface area contributed by atoms with Crippen LogP contribution in [0.15, 0.2) is 61.3 Å². The van der Waals surface area contributed by atoms with Gasteiger partial charge in [0.25, 0.3) is 0 Å². The lowest BCUT2D eigenvalue weighted by molar-refractivity contribution is 0.357. The third-order valence-corrected chi connectivity index (χ3v) is 8.52. The number of thiocarbonyl (C=S) groups is 1. The van der Waals surface area contributed by atoms with Crippen LogP contribution in [0.25, 0.3) is 0 Å². The van der Waals surface area contributed by atoms with Crippen LogP contribution in [0.5, 0.6) is 0 Å². The Labute approximate surface area is 239 Å². The van der Waals surface area contributed by atoms with Crippen LogP contribution in [0.4, 0.5) is 11.4 Å². The van der Waals surface area contributed by atoms with Gasteiger partial charge in [0.05, 0.1) is 28.5 Å². The van der Waals surface area contributed by atoms with Crippen molar-refractivity contribution in [2.45, 2.75) is 46.2 Å². The molecule has 5 heterocycles. The predicted octanol–water partition coefficient (Wildman–Crippen LogP) is 5.72. The van der Waals surface area contributed by atoms with Gasteiger partial charge in [0.2, 0.25) is 0 Å². The number of halogens is 1. The number of nitrogens with zero attached hydrogens (tertiary/aromatic N) is 7. The monoisotopic (exact) mass is 560 g/mol. The van der Waals surface area contributed by atoms with E-state index in [1.54, 1.807) is 12.7 Å². The van der Waals surface area contributed by atoms with Crippen LogP contribution in [-0.2, 0) is 0 Å². The molecule has 8 nitrogen and oxygen atoms in total. The summed E-state index contributed by atoms with van der Waals surface area (Å²) in [5.41, 5.74) is 6.26. The molecule has 39 heavy (non-hydrogen) atoms. The van der Waals surface area contributed by atoms with Gasteiger partial charge in [-0.25, -0.2) is 4.68 Å². The highest BCUT2D eigenvalue weighted by atomic mass is 35.5. The predicted molar refractivity (Wildman–Crippen MR) is 159 cm³/mol. The Kier molecular flexibility index (Phi) is 6.81. The number of benzene rings is 1. The molecule has 1 N–H and O–H groups in total. The van der Waals surface area contributed by atoms with E-state index >= 15 is 0 Å². The van der Waals surface area contributed by atoms with E-state index in [9.17, 15) is 0 Å². The first-order valence-corrected chi connectivity index (χ1v) is 14.2. The van der Waals surface area contributed by atoms with Gasteiger partial charge in [0.15, 0.2) is 5.11 Å². The molecule has 0 spiro atoms. The molecule has 0 amide bonds. The highest BCUT2D eigenvalue weighted by Crippen LogP contribution is 2.45. The van der Waals surface area contributed by atoms with E-state index < -0.39 is 0 Å². The van der Waals surface area contributed by atoms with Crippen LogP contribution in [0.2, 0.25) is 5.02 Å². The Balaban J connectivity index is 1.43. The van der Waals surface area contributed by atoms with Gasteiger partial charge in [-0.3, -0.25) is 9.66 Å². The average Bonchev–Trinajstić information content (AvgIpc) is 3.61. The molecule has 2 aliphatic heterocycles. The second-order valence-corrected chi connectivity index (χ2v) is 11.8. The summed E-state index contributed by atoms with van der Waals surface area (Å²) < 4.78 is 4.00. The third-order valence-electron chi connectivity index (χ3n) is 7.91. The average molecular weight is 561 g/mol. The zero-order valence-electron chi connectivity index (χ0n) is 22.6. The smallest absolute Gasteiger partial charge is 0.174 e. The molecule has 0 radical (unpaired) electrons. The largest absolute Gasteiger partial charge is 0.370 e. The van der Waals surface area contributed by atoms with Crippen molar-refractivity contribution in [1.82, 2.24) is 29.9 Å². The van der Waals surface area contributed by atoms with Crippen molar-refractivity contribution < 1.29 is 0 Å². The standard InChI is InChI=1S/C29H33ClN8S/c1-18-11-19(2)15-35(14-18)26-9-8-22(13-24(26)30)37-28(27(34-29(37)39)25-7-5-6-10-31-25)23-12-20(3)38(21(23)4)36-16-32-33-17-36/h5-10,12-13,16-19,27-28H,11,14-15H2,1-4H3,(H,34,39)/t18-,19-,27-,28+/m0/s1. The summed E-state index contributed by atoms with van der Waals surface area (Å²) in [6.45, 7) is 10.9. The molecular weight excluding hydrogens is 528 g/mol. The van der Waals surface area contributed by atoms with Crippen molar-refractivity contribution >= 4 is 40.3 Å². The molecule has 0 unspecified atom stereocenters. The molecule has 2 saturated heterocycles. The van der Waals surface area contributed by atoms with Crippen molar-refractivity contribution in [2.75, 3.05) is 22.9 Å². The minimum Gasteiger partial charge on any atom is -0.370 e. The first-order chi connectivity index (χ1) is 18.8. The summed E-state index contributed by atoms with van der Waals surface area (Å²) in [6, 6.07) is 14.3. The second-order valence-electron chi connectivity index (χ2n) is 11.0. The van der Waals surface area contributed by atoms with E-state index in [4.69, 9.17) is 28.8 Å². The zero-order chi connectivity index (χ0) is 27.3. The summed E-state index contributed by atoms with van der Waals surface area (Å²) in [5.74, 6) is 1.29. The lowest BCUT2D eigenvalue weighted by Crippen LogP contribution is -2.38. The van der Waals surface area contributed by atoms with Gasteiger partial charge in [0.1, 0.15) is 12.7 Å². The minimum absolute atomic E-state index is 0.138. The molecule has 202 valence electrons. The molecule has 0 saturated carbocycles. The van der Waals surface area contributed by atoms with E-state index in [-0.39, 0.29) is 12.1 Å². The van der Waals surface area contributed by atoms with E-state index in [0.717, 1.165) is 52.1 Å². The molecule has 2 aliphatic rings. The van der Waals surface area contributed by atoms with E-state index in [2.05, 4.69) is 82.0 Å². The van der Waals surface area contributed by atoms with E-state index in [1.807, 2.05) is 29.1 Å². The van der Waals surface area contributed by atoms with Gasteiger partial charge in [-0.2, -0.15) is 0 Å². The second kappa shape index (κ2) is 10.3. The van der Waals surface area contributed by atoms with Crippen molar-refractivity contribution in [2.24, 2.45) is 11.8 Å². The summed E-state index contributed by atoms with van der Waals surface area (Å²) >= 11 is 13.0. The van der Waals surface area contributed by atoms with Crippen LogP contribution in [0, 0.1) is 25.7 Å². The third kappa shape index (κ3) is 4.67. The fourth-order valence-electron chi connectivity index (χ4n) is 6.44. The van der Waals surface area contributed by atoms with Crippen molar-refractivity contribution in [1.29, 1.82) is 0 Å². The van der Waals surface area contributed by atoms with Crippen LogP contribution in [-0.4, -0.2) is 42.7 Å². The number of aromatic nitrogens is 5. The topological polar surface area (TPSA) is 67.0 Å². The highest BCUT2D eigenvalue weighted by Gasteiger charge is 2.42. The molecule has 6 rings (SSSR count). The van der Waals surface area contributed by atoms with Crippen molar-refractivity contribution in [3.8, 4) is 0 Å². The number of anilines is 2. The zero-order valence-corrected chi connectivity index (χ0v) is 24.2. The lowest BCUT2D eigenvalue weighted by atomic mass is 9.91. The maximum Gasteiger partial charge on any atom is 0.174 e. The van der Waals surface area contributed by atoms with Crippen LogP contribution < -0.4 is 15.1 Å². The number of nitrogens with one attached hydrogen (secondary N) is 1. The Bertz CT molecular complexity index is 1470. The minimum atomic E-state index is -0.143. The van der Waals surface area contributed by atoms with Crippen LogP contribution in [0.3, 0.4) is 0 Å². The molecule has 0 aliphatic carbocycles. The molecule has 10 heteroatoms.